The summed E-state index contributed by atoms with van der Waals surface area (Å²) in [4.78, 5) is 12.1. The number of hydrogen-bond acceptors (Lipinski definition) is 2. The second-order valence-corrected chi connectivity index (χ2v) is 6.90. The summed E-state index contributed by atoms with van der Waals surface area (Å²) < 4.78 is 5.78. The van der Waals surface area contributed by atoms with Crippen LogP contribution in [-0.2, 0) is 10.2 Å². The number of carbonyl (C=O) groups is 1. The molecule has 0 aliphatic rings. The smallest absolute Gasteiger partial charge is 0.262 e. The van der Waals surface area contributed by atoms with E-state index in [1.54, 1.807) is 0 Å². The highest BCUT2D eigenvalue weighted by molar-refractivity contribution is 5.92. The largest absolute Gasteiger partial charge is 0.483 e. The van der Waals surface area contributed by atoms with E-state index >= 15 is 0 Å². The van der Waals surface area contributed by atoms with E-state index in [2.05, 4.69) is 39.1 Å². The molecule has 0 heterocycles. The van der Waals surface area contributed by atoms with Crippen LogP contribution in [0.5, 0.6) is 5.75 Å². The van der Waals surface area contributed by atoms with E-state index in [9.17, 15) is 4.79 Å². The molecule has 2 rings (SSSR count). The number of nitrogens with one attached hydrogen (secondary N) is 1. The van der Waals surface area contributed by atoms with Crippen LogP contribution in [0.3, 0.4) is 0 Å². The number of anilines is 1. The molecule has 0 saturated heterocycles. The SMILES string of the molecule is Cc1ccc(OCC(=O)Nc2ccccc2C)c(C(C)(C)C)c1. The Morgan fingerprint density at radius 3 is 2.43 bits per heavy atom. The minimum absolute atomic E-state index is 0.000471. The normalized spacial score (nSPS) is 11.2. The standard InChI is InChI=1S/C20H25NO2/c1-14-10-11-18(16(12-14)20(3,4)5)23-13-19(22)21-17-9-7-6-8-15(17)2/h6-12H,13H2,1-5H3,(H,21,22). The molecule has 1 N–H and O–H groups in total. The van der Waals surface area contributed by atoms with Gasteiger partial charge in [-0.3, -0.25) is 4.79 Å². The fourth-order valence-electron chi connectivity index (χ4n) is 2.40. The second kappa shape index (κ2) is 6.86. The average Bonchev–Trinajstić information content (AvgIpc) is 2.47. The molecule has 2 aromatic rings. The molecular formula is C20H25NO2. The molecule has 0 bridgehead atoms. The maximum absolute atomic E-state index is 12.1. The Hall–Kier alpha value is -2.29. The Labute approximate surface area is 138 Å². The van der Waals surface area contributed by atoms with Gasteiger partial charge in [0, 0.05) is 5.69 Å². The summed E-state index contributed by atoms with van der Waals surface area (Å²) in [6.45, 7) is 10.4. The van der Waals surface area contributed by atoms with Crippen LogP contribution < -0.4 is 10.1 Å². The number of rotatable bonds is 4. The molecular weight excluding hydrogens is 286 g/mol. The third-order valence-corrected chi connectivity index (χ3v) is 3.72. The molecule has 0 aromatic heterocycles. The third kappa shape index (κ3) is 4.59. The van der Waals surface area contributed by atoms with E-state index in [4.69, 9.17) is 4.74 Å². The molecule has 0 aliphatic heterocycles. The van der Waals surface area contributed by atoms with Crippen molar-refractivity contribution in [3.05, 3.63) is 59.2 Å². The molecule has 0 unspecified atom stereocenters. The number of carbonyl (C=O) groups excluding carboxylic acids is 1. The highest BCUT2D eigenvalue weighted by atomic mass is 16.5. The monoisotopic (exact) mass is 311 g/mol. The predicted molar refractivity (Wildman–Crippen MR) is 95.2 cm³/mol. The van der Waals surface area contributed by atoms with Crippen LogP contribution in [0.4, 0.5) is 5.69 Å². The summed E-state index contributed by atoms with van der Waals surface area (Å²) in [5.74, 6) is 0.614. The molecule has 0 spiro atoms. The quantitative estimate of drug-likeness (QED) is 0.895. The van der Waals surface area contributed by atoms with Crippen molar-refractivity contribution in [2.24, 2.45) is 0 Å². The zero-order valence-corrected chi connectivity index (χ0v) is 14.6. The first kappa shape index (κ1) is 17.1. The maximum atomic E-state index is 12.1. The van der Waals surface area contributed by atoms with Gasteiger partial charge in [0.1, 0.15) is 5.75 Å². The van der Waals surface area contributed by atoms with Gasteiger partial charge in [0.25, 0.3) is 5.91 Å². The zero-order valence-electron chi connectivity index (χ0n) is 14.6. The first-order chi connectivity index (χ1) is 10.8. The van der Waals surface area contributed by atoms with Crippen LogP contribution >= 0.6 is 0 Å². The van der Waals surface area contributed by atoms with Crippen LogP contribution in [-0.4, -0.2) is 12.5 Å². The summed E-state index contributed by atoms with van der Waals surface area (Å²) in [5.41, 5.74) is 4.12. The highest BCUT2D eigenvalue weighted by Gasteiger charge is 2.19. The van der Waals surface area contributed by atoms with Gasteiger partial charge in [-0.2, -0.15) is 0 Å². The van der Waals surface area contributed by atoms with Crippen molar-refractivity contribution < 1.29 is 9.53 Å². The van der Waals surface area contributed by atoms with Crippen molar-refractivity contribution in [3.63, 3.8) is 0 Å². The van der Waals surface area contributed by atoms with Gasteiger partial charge in [-0.1, -0.05) is 56.7 Å². The first-order valence-electron chi connectivity index (χ1n) is 7.87. The third-order valence-electron chi connectivity index (χ3n) is 3.72. The Morgan fingerprint density at radius 1 is 1.09 bits per heavy atom. The molecule has 1 amide bonds. The number of benzene rings is 2. The lowest BCUT2D eigenvalue weighted by Gasteiger charge is -2.23. The van der Waals surface area contributed by atoms with E-state index in [1.807, 2.05) is 43.3 Å². The van der Waals surface area contributed by atoms with Crippen LogP contribution in [0.25, 0.3) is 0 Å². The van der Waals surface area contributed by atoms with Crippen molar-refractivity contribution in [1.29, 1.82) is 0 Å². The number of hydrogen-bond donors (Lipinski definition) is 1. The lowest BCUT2D eigenvalue weighted by molar-refractivity contribution is -0.118. The van der Waals surface area contributed by atoms with Gasteiger partial charge >= 0.3 is 0 Å². The predicted octanol–water partition coefficient (Wildman–Crippen LogP) is 4.62. The Balaban J connectivity index is 2.06. The van der Waals surface area contributed by atoms with Gasteiger partial charge in [-0.05, 0) is 42.5 Å². The van der Waals surface area contributed by atoms with Crippen LogP contribution in [0.1, 0.15) is 37.5 Å². The molecule has 3 nitrogen and oxygen atoms in total. The van der Waals surface area contributed by atoms with E-state index < -0.39 is 0 Å². The molecule has 23 heavy (non-hydrogen) atoms. The molecule has 0 aliphatic carbocycles. The molecule has 3 heteroatoms. The van der Waals surface area contributed by atoms with Crippen molar-refractivity contribution in [2.45, 2.75) is 40.0 Å². The van der Waals surface area contributed by atoms with E-state index in [1.165, 1.54) is 5.56 Å². The number of amides is 1. The lowest BCUT2D eigenvalue weighted by Crippen LogP contribution is -2.22. The summed E-state index contributed by atoms with van der Waals surface area (Å²) in [7, 11) is 0. The first-order valence-corrected chi connectivity index (χ1v) is 7.87. The average molecular weight is 311 g/mol. The zero-order chi connectivity index (χ0) is 17.0. The number of para-hydroxylation sites is 1. The fraction of sp³-hybridized carbons (Fsp3) is 0.350. The molecule has 0 fully saturated rings. The van der Waals surface area contributed by atoms with Crippen LogP contribution in [0, 0.1) is 13.8 Å². The summed E-state index contributed by atoms with van der Waals surface area (Å²) in [5, 5.41) is 2.89. The Bertz CT molecular complexity index is 699. The highest BCUT2D eigenvalue weighted by Crippen LogP contribution is 2.32. The van der Waals surface area contributed by atoms with Crippen molar-refractivity contribution in [3.8, 4) is 5.75 Å². The molecule has 0 atom stereocenters. The van der Waals surface area contributed by atoms with Gasteiger partial charge in [-0.25, -0.2) is 0 Å². The Kier molecular flexibility index (Phi) is 5.09. The lowest BCUT2D eigenvalue weighted by atomic mass is 9.85. The van der Waals surface area contributed by atoms with Crippen molar-refractivity contribution in [1.82, 2.24) is 0 Å². The topological polar surface area (TPSA) is 38.3 Å². The van der Waals surface area contributed by atoms with E-state index in [0.29, 0.717) is 0 Å². The summed E-state index contributed by atoms with van der Waals surface area (Å²) in [6, 6.07) is 13.8. The molecule has 122 valence electrons. The van der Waals surface area contributed by atoms with E-state index in [-0.39, 0.29) is 17.9 Å². The van der Waals surface area contributed by atoms with Crippen molar-refractivity contribution in [2.75, 3.05) is 11.9 Å². The fourth-order valence-corrected chi connectivity index (χ4v) is 2.40. The minimum atomic E-state index is -0.153. The minimum Gasteiger partial charge on any atom is -0.483 e. The Morgan fingerprint density at radius 2 is 1.78 bits per heavy atom. The number of aryl methyl sites for hydroxylation is 2. The van der Waals surface area contributed by atoms with Gasteiger partial charge in [0.2, 0.25) is 0 Å². The van der Waals surface area contributed by atoms with Gasteiger partial charge in [-0.15, -0.1) is 0 Å². The van der Waals surface area contributed by atoms with Crippen LogP contribution in [0.15, 0.2) is 42.5 Å². The summed E-state index contributed by atoms with van der Waals surface area (Å²) >= 11 is 0. The summed E-state index contributed by atoms with van der Waals surface area (Å²) in [6.07, 6.45) is 0. The number of ether oxygens (including phenoxy) is 1. The van der Waals surface area contributed by atoms with E-state index in [0.717, 1.165) is 22.6 Å². The van der Waals surface area contributed by atoms with Crippen LogP contribution in [0.2, 0.25) is 0 Å². The molecule has 0 radical (unpaired) electrons. The maximum Gasteiger partial charge on any atom is 0.262 e. The molecule has 0 saturated carbocycles. The van der Waals surface area contributed by atoms with Gasteiger partial charge < -0.3 is 10.1 Å². The van der Waals surface area contributed by atoms with Gasteiger partial charge in [0.05, 0.1) is 0 Å². The van der Waals surface area contributed by atoms with Crippen molar-refractivity contribution >= 4 is 11.6 Å². The van der Waals surface area contributed by atoms with Gasteiger partial charge in [0.15, 0.2) is 6.61 Å². The molecule has 2 aromatic carbocycles. The second-order valence-electron chi connectivity index (χ2n) is 6.90.